The number of nitrogens with zero attached hydrogens (tertiary/aromatic N) is 1. The van der Waals surface area contributed by atoms with Crippen molar-refractivity contribution in [1.82, 2.24) is 5.32 Å². The highest BCUT2D eigenvalue weighted by Crippen LogP contribution is 2.32. The van der Waals surface area contributed by atoms with Gasteiger partial charge in [-0.15, -0.1) is 0 Å². The molecule has 4 rings (SSSR count). The molecule has 1 heterocycles. The topological polar surface area (TPSA) is 75.7 Å². The number of sulfonamides is 1. The second-order valence-electron chi connectivity index (χ2n) is 7.44. The average Bonchev–Trinajstić information content (AvgIpc) is 2.82. The number of hydrogen-bond acceptors (Lipinski definition) is 4. The van der Waals surface area contributed by atoms with Crippen LogP contribution >= 0.6 is 11.6 Å². The van der Waals surface area contributed by atoms with Crippen LogP contribution in [0.3, 0.4) is 0 Å². The molecule has 0 aliphatic carbocycles. The maximum absolute atomic E-state index is 13.2. The highest BCUT2D eigenvalue weighted by Gasteiger charge is 2.28. The fourth-order valence-electron chi connectivity index (χ4n) is 3.62. The summed E-state index contributed by atoms with van der Waals surface area (Å²) < 4.78 is 33.3. The molecule has 1 amide bonds. The van der Waals surface area contributed by atoms with E-state index < -0.39 is 10.0 Å². The Bertz CT molecular complexity index is 1210. The lowest BCUT2D eigenvalue weighted by Gasteiger charge is -2.30. The molecule has 32 heavy (non-hydrogen) atoms. The van der Waals surface area contributed by atoms with E-state index in [1.54, 1.807) is 18.2 Å². The summed E-state index contributed by atoms with van der Waals surface area (Å²) in [6.07, 6.45) is 1.65. The Morgan fingerprint density at radius 3 is 2.50 bits per heavy atom. The van der Waals surface area contributed by atoms with Crippen LogP contribution in [0.15, 0.2) is 77.7 Å². The van der Waals surface area contributed by atoms with Gasteiger partial charge in [0, 0.05) is 18.1 Å². The highest BCUT2D eigenvalue weighted by atomic mass is 35.5. The van der Waals surface area contributed by atoms with Crippen LogP contribution in [0.4, 0.5) is 5.69 Å². The lowest BCUT2D eigenvalue weighted by Crippen LogP contribution is -2.35. The van der Waals surface area contributed by atoms with E-state index >= 15 is 0 Å². The molecule has 0 aromatic heterocycles. The minimum absolute atomic E-state index is 0.184. The molecule has 8 heteroatoms. The largest absolute Gasteiger partial charge is 0.484 e. The van der Waals surface area contributed by atoms with Gasteiger partial charge in [-0.1, -0.05) is 48.0 Å². The third-order valence-corrected chi connectivity index (χ3v) is 7.48. The van der Waals surface area contributed by atoms with Crippen molar-refractivity contribution in [3.63, 3.8) is 0 Å². The maximum Gasteiger partial charge on any atom is 0.264 e. The molecule has 6 nitrogen and oxygen atoms in total. The minimum atomic E-state index is -3.68. The van der Waals surface area contributed by atoms with Gasteiger partial charge in [0.1, 0.15) is 5.75 Å². The standard InChI is InChI=1S/C24H23ClN2O4S/c25-22-9-3-1-7-19(22)16-26-24(28)17-31-20-11-13-21(14-12-20)32(29,30)27-15-5-8-18-6-2-4-10-23(18)27/h1-4,6-7,9-14H,5,8,15-17H2,(H,26,28). The number of anilines is 1. The van der Waals surface area contributed by atoms with Crippen LogP contribution in [-0.2, 0) is 27.8 Å². The molecule has 3 aromatic carbocycles. The van der Waals surface area contributed by atoms with E-state index in [0.29, 0.717) is 23.9 Å². The number of nitrogens with one attached hydrogen (secondary N) is 1. The Labute approximate surface area is 192 Å². The molecule has 3 aromatic rings. The van der Waals surface area contributed by atoms with Gasteiger partial charge in [0.15, 0.2) is 6.61 Å². The average molecular weight is 471 g/mol. The Kier molecular flexibility index (Phi) is 6.67. The minimum Gasteiger partial charge on any atom is -0.484 e. The molecule has 1 N–H and O–H groups in total. The van der Waals surface area contributed by atoms with Crippen LogP contribution in [0.25, 0.3) is 0 Å². The van der Waals surface area contributed by atoms with Crippen molar-refractivity contribution < 1.29 is 17.9 Å². The molecule has 1 aliphatic rings. The van der Waals surface area contributed by atoms with Crippen LogP contribution in [0.2, 0.25) is 5.02 Å². The number of para-hydroxylation sites is 1. The van der Waals surface area contributed by atoms with Crippen LogP contribution in [0, 0.1) is 0 Å². The summed E-state index contributed by atoms with van der Waals surface area (Å²) >= 11 is 6.08. The van der Waals surface area contributed by atoms with Gasteiger partial charge in [0.2, 0.25) is 0 Å². The molecule has 0 radical (unpaired) electrons. The molecule has 1 aliphatic heterocycles. The molecule has 0 saturated carbocycles. The number of benzene rings is 3. The predicted octanol–water partition coefficient (Wildman–Crippen LogP) is 4.18. The molecule has 0 fully saturated rings. The molecular weight excluding hydrogens is 448 g/mol. The van der Waals surface area contributed by atoms with E-state index in [2.05, 4.69) is 5.32 Å². The molecule has 0 saturated heterocycles. The number of halogens is 1. The van der Waals surface area contributed by atoms with Crippen molar-refractivity contribution >= 4 is 33.2 Å². The first-order chi connectivity index (χ1) is 15.4. The normalized spacial score (nSPS) is 13.3. The van der Waals surface area contributed by atoms with E-state index in [1.807, 2.05) is 42.5 Å². The Morgan fingerprint density at radius 2 is 1.72 bits per heavy atom. The maximum atomic E-state index is 13.2. The van der Waals surface area contributed by atoms with Gasteiger partial charge >= 0.3 is 0 Å². The van der Waals surface area contributed by atoms with Crippen molar-refractivity contribution in [3.05, 3.63) is 88.9 Å². The first-order valence-corrected chi connectivity index (χ1v) is 12.1. The molecule has 0 unspecified atom stereocenters. The van der Waals surface area contributed by atoms with Gasteiger partial charge < -0.3 is 10.1 Å². The molecular formula is C24H23ClN2O4S. The third kappa shape index (κ3) is 4.89. The van der Waals surface area contributed by atoms with Crippen molar-refractivity contribution in [1.29, 1.82) is 0 Å². The predicted molar refractivity (Wildman–Crippen MR) is 125 cm³/mol. The SMILES string of the molecule is O=C(COc1ccc(S(=O)(=O)N2CCCc3ccccc32)cc1)NCc1ccccc1Cl. The molecule has 0 bridgehead atoms. The summed E-state index contributed by atoms with van der Waals surface area (Å²) in [5.41, 5.74) is 2.58. The zero-order valence-corrected chi connectivity index (χ0v) is 18.9. The highest BCUT2D eigenvalue weighted by molar-refractivity contribution is 7.92. The lowest BCUT2D eigenvalue weighted by molar-refractivity contribution is -0.123. The summed E-state index contributed by atoms with van der Waals surface area (Å²) in [6, 6.07) is 21.0. The van der Waals surface area contributed by atoms with Gasteiger partial charge in [-0.3, -0.25) is 9.10 Å². The number of aryl methyl sites for hydroxylation is 1. The Morgan fingerprint density at radius 1 is 1.00 bits per heavy atom. The number of hydrogen-bond donors (Lipinski definition) is 1. The van der Waals surface area contributed by atoms with Crippen molar-refractivity contribution in [2.75, 3.05) is 17.5 Å². The van der Waals surface area contributed by atoms with Gasteiger partial charge in [-0.05, 0) is 60.4 Å². The monoisotopic (exact) mass is 470 g/mol. The van der Waals surface area contributed by atoms with E-state index in [4.69, 9.17) is 16.3 Å². The summed E-state index contributed by atoms with van der Waals surface area (Å²) in [5, 5.41) is 3.33. The number of ether oxygens (including phenoxy) is 1. The zero-order valence-electron chi connectivity index (χ0n) is 17.3. The molecule has 166 valence electrons. The van der Waals surface area contributed by atoms with Gasteiger partial charge in [0.05, 0.1) is 10.6 Å². The van der Waals surface area contributed by atoms with Gasteiger partial charge in [-0.25, -0.2) is 8.42 Å². The van der Waals surface area contributed by atoms with E-state index in [-0.39, 0.29) is 17.4 Å². The fourth-order valence-corrected chi connectivity index (χ4v) is 5.36. The zero-order chi connectivity index (χ0) is 22.6. The van der Waals surface area contributed by atoms with Gasteiger partial charge in [0.25, 0.3) is 15.9 Å². The number of rotatable bonds is 7. The third-order valence-electron chi connectivity index (χ3n) is 5.28. The Hall–Kier alpha value is -3.03. The smallest absolute Gasteiger partial charge is 0.264 e. The number of carbonyl (C=O) groups excluding carboxylic acids is 1. The number of amides is 1. The number of carbonyl (C=O) groups is 1. The molecule has 0 spiro atoms. The van der Waals surface area contributed by atoms with Crippen LogP contribution in [0.1, 0.15) is 17.5 Å². The number of fused-ring (bicyclic) bond motifs is 1. The summed E-state index contributed by atoms with van der Waals surface area (Å²) in [4.78, 5) is 12.3. The lowest BCUT2D eigenvalue weighted by atomic mass is 10.0. The Balaban J connectivity index is 1.37. The van der Waals surface area contributed by atoms with Crippen molar-refractivity contribution in [2.45, 2.75) is 24.3 Å². The first kappa shape index (κ1) is 22.2. The van der Waals surface area contributed by atoms with Crippen LogP contribution < -0.4 is 14.4 Å². The second kappa shape index (κ2) is 9.63. The van der Waals surface area contributed by atoms with E-state index in [1.165, 1.54) is 16.4 Å². The summed E-state index contributed by atoms with van der Waals surface area (Å²) in [7, 11) is -3.68. The van der Waals surface area contributed by atoms with Crippen LogP contribution in [0.5, 0.6) is 5.75 Å². The summed E-state index contributed by atoms with van der Waals surface area (Å²) in [5.74, 6) is 0.113. The first-order valence-electron chi connectivity index (χ1n) is 10.3. The quantitative estimate of drug-likeness (QED) is 0.562. The van der Waals surface area contributed by atoms with E-state index in [9.17, 15) is 13.2 Å². The fraction of sp³-hybridized carbons (Fsp3) is 0.208. The van der Waals surface area contributed by atoms with Gasteiger partial charge in [-0.2, -0.15) is 0 Å². The molecule has 0 atom stereocenters. The van der Waals surface area contributed by atoms with E-state index in [0.717, 1.165) is 29.7 Å². The van der Waals surface area contributed by atoms with Crippen molar-refractivity contribution in [3.8, 4) is 5.75 Å². The van der Waals surface area contributed by atoms with Crippen LogP contribution in [-0.4, -0.2) is 27.5 Å². The second-order valence-corrected chi connectivity index (χ2v) is 9.71. The van der Waals surface area contributed by atoms with Crippen molar-refractivity contribution in [2.24, 2.45) is 0 Å². The summed E-state index contributed by atoms with van der Waals surface area (Å²) in [6.45, 7) is 0.565.